The van der Waals surface area contributed by atoms with Crippen LogP contribution in [-0.4, -0.2) is 19.3 Å². The highest BCUT2D eigenvalue weighted by Crippen LogP contribution is 2.40. The van der Waals surface area contributed by atoms with E-state index in [-0.39, 0.29) is 11.3 Å². The van der Waals surface area contributed by atoms with Gasteiger partial charge < -0.3 is 14.6 Å². The summed E-state index contributed by atoms with van der Waals surface area (Å²) in [6.45, 7) is 0. The Balaban J connectivity index is 2.46. The Morgan fingerprint density at radius 1 is 1.15 bits per heavy atom. The minimum atomic E-state index is -1.07. The molecule has 1 heterocycles. The van der Waals surface area contributed by atoms with E-state index >= 15 is 0 Å². The van der Waals surface area contributed by atoms with Crippen LogP contribution in [0.3, 0.4) is 0 Å². The lowest BCUT2D eigenvalue weighted by molar-refractivity contribution is 0.217. The molecule has 2 rings (SSSR count). The first-order valence-electron chi connectivity index (χ1n) is 5.52. The Morgan fingerprint density at radius 3 is 2.25 bits per heavy atom. The Kier molecular flexibility index (Phi) is 5.06. The van der Waals surface area contributed by atoms with E-state index in [1.807, 2.05) is 0 Å². The van der Waals surface area contributed by atoms with Crippen LogP contribution in [-0.2, 0) is 0 Å². The molecular formula is C13H11Br2FO3S. The van der Waals surface area contributed by atoms with E-state index in [0.29, 0.717) is 10.6 Å². The molecule has 1 N–H and O–H groups in total. The number of halogens is 3. The Bertz CT molecular complexity index is 611. The maximum atomic E-state index is 14.1. The third kappa shape index (κ3) is 3.00. The molecule has 0 radical (unpaired) electrons. The van der Waals surface area contributed by atoms with E-state index in [1.165, 1.54) is 37.7 Å². The van der Waals surface area contributed by atoms with Crippen molar-refractivity contribution in [2.75, 3.05) is 14.2 Å². The van der Waals surface area contributed by atoms with Crippen molar-refractivity contribution in [3.63, 3.8) is 0 Å². The number of aliphatic hydroxyl groups excluding tert-OH is 1. The minimum absolute atomic E-state index is 0.143. The number of ether oxygens (including phenoxy) is 2. The molecule has 1 aromatic carbocycles. The van der Waals surface area contributed by atoms with Crippen molar-refractivity contribution >= 4 is 43.2 Å². The monoisotopic (exact) mass is 424 g/mol. The van der Waals surface area contributed by atoms with Crippen LogP contribution < -0.4 is 9.47 Å². The van der Waals surface area contributed by atoms with Crippen LogP contribution >= 0.6 is 43.2 Å². The lowest BCUT2D eigenvalue weighted by Crippen LogP contribution is -2.03. The van der Waals surface area contributed by atoms with Gasteiger partial charge in [0.05, 0.1) is 18.0 Å². The van der Waals surface area contributed by atoms with Gasteiger partial charge in [0.15, 0.2) is 11.5 Å². The van der Waals surface area contributed by atoms with Crippen molar-refractivity contribution in [3.05, 3.63) is 42.7 Å². The molecular weight excluding hydrogens is 415 g/mol. The summed E-state index contributed by atoms with van der Waals surface area (Å²) in [5.41, 5.74) is 0.143. The van der Waals surface area contributed by atoms with Gasteiger partial charge in [-0.25, -0.2) is 4.39 Å². The minimum Gasteiger partial charge on any atom is -0.493 e. The highest BCUT2D eigenvalue weighted by molar-refractivity contribution is 9.13. The molecule has 1 unspecified atom stereocenters. The first-order chi connectivity index (χ1) is 9.47. The van der Waals surface area contributed by atoms with Gasteiger partial charge in [-0.1, -0.05) is 0 Å². The second-order valence-corrected chi connectivity index (χ2v) is 7.16. The summed E-state index contributed by atoms with van der Waals surface area (Å²) in [6, 6.07) is 4.39. The second-order valence-electron chi connectivity index (χ2n) is 3.90. The SMILES string of the molecule is COc1cc(F)c(C(O)c2cc(Br)c(Br)s2)cc1OC. The standard InChI is InChI=1S/C13H11Br2FO3S/c1-18-9-3-6(8(16)5-10(9)19-2)12(17)11-4-7(14)13(15)20-11/h3-5,12,17H,1-2H3. The van der Waals surface area contributed by atoms with Gasteiger partial charge in [0.2, 0.25) is 0 Å². The Labute approximate surface area is 136 Å². The molecule has 0 amide bonds. The summed E-state index contributed by atoms with van der Waals surface area (Å²) >= 11 is 8.02. The number of hydrogen-bond donors (Lipinski definition) is 1. The van der Waals surface area contributed by atoms with Crippen LogP contribution in [0.1, 0.15) is 16.5 Å². The van der Waals surface area contributed by atoms with Gasteiger partial charge in [-0.05, 0) is 44.0 Å². The largest absolute Gasteiger partial charge is 0.493 e. The summed E-state index contributed by atoms with van der Waals surface area (Å²) < 4.78 is 25.9. The first kappa shape index (κ1) is 15.8. The molecule has 0 fully saturated rings. The predicted octanol–water partition coefficient (Wildman–Crippen LogP) is 4.51. The van der Waals surface area contributed by atoms with E-state index in [0.717, 1.165) is 8.26 Å². The van der Waals surface area contributed by atoms with Crippen LogP contribution in [0.15, 0.2) is 26.5 Å². The highest BCUT2D eigenvalue weighted by Gasteiger charge is 2.21. The number of aliphatic hydroxyl groups is 1. The molecule has 0 bridgehead atoms. The van der Waals surface area contributed by atoms with E-state index in [9.17, 15) is 9.50 Å². The molecule has 0 saturated heterocycles. The zero-order valence-corrected chi connectivity index (χ0v) is 14.6. The van der Waals surface area contributed by atoms with E-state index in [4.69, 9.17) is 9.47 Å². The average molecular weight is 426 g/mol. The molecule has 0 aliphatic heterocycles. The molecule has 2 aromatic rings. The topological polar surface area (TPSA) is 38.7 Å². The lowest BCUT2D eigenvalue weighted by atomic mass is 10.1. The van der Waals surface area contributed by atoms with Gasteiger partial charge in [0, 0.05) is 21.0 Å². The third-order valence-electron chi connectivity index (χ3n) is 2.73. The summed E-state index contributed by atoms with van der Waals surface area (Å²) in [4.78, 5) is 0.620. The fourth-order valence-corrected chi connectivity index (χ4v) is 3.83. The molecule has 108 valence electrons. The van der Waals surface area contributed by atoms with Gasteiger partial charge in [-0.2, -0.15) is 0 Å². The van der Waals surface area contributed by atoms with Gasteiger partial charge in [0.1, 0.15) is 11.9 Å². The van der Waals surface area contributed by atoms with Crippen LogP contribution in [0.4, 0.5) is 4.39 Å². The van der Waals surface area contributed by atoms with Gasteiger partial charge >= 0.3 is 0 Å². The molecule has 0 aliphatic rings. The van der Waals surface area contributed by atoms with E-state index < -0.39 is 11.9 Å². The quantitative estimate of drug-likeness (QED) is 0.783. The van der Waals surface area contributed by atoms with Crippen molar-refractivity contribution < 1.29 is 19.0 Å². The number of thiophene rings is 1. The van der Waals surface area contributed by atoms with Gasteiger partial charge in [-0.3, -0.25) is 0 Å². The number of rotatable bonds is 4. The number of methoxy groups -OCH3 is 2. The molecule has 7 heteroatoms. The van der Waals surface area contributed by atoms with Crippen molar-refractivity contribution in [1.82, 2.24) is 0 Å². The number of hydrogen-bond acceptors (Lipinski definition) is 4. The van der Waals surface area contributed by atoms with E-state index in [2.05, 4.69) is 31.9 Å². The molecule has 0 spiro atoms. The fourth-order valence-electron chi connectivity index (χ4n) is 1.73. The van der Waals surface area contributed by atoms with Crippen LogP contribution in [0, 0.1) is 5.82 Å². The second kappa shape index (κ2) is 6.43. The van der Waals surface area contributed by atoms with Crippen LogP contribution in [0.5, 0.6) is 11.5 Å². The van der Waals surface area contributed by atoms with Gasteiger partial charge in [-0.15, -0.1) is 11.3 Å². The Hall–Kier alpha value is -0.630. The zero-order valence-electron chi connectivity index (χ0n) is 10.6. The molecule has 3 nitrogen and oxygen atoms in total. The smallest absolute Gasteiger partial charge is 0.163 e. The van der Waals surface area contributed by atoms with Crippen molar-refractivity contribution in [1.29, 1.82) is 0 Å². The fraction of sp³-hybridized carbons (Fsp3) is 0.231. The summed E-state index contributed by atoms with van der Waals surface area (Å²) in [5.74, 6) is 0.114. The normalized spacial score (nSPS) is 12.3. The third-order valence-corrected chi connectivity index (χ3v) is 6.04. The van der Waals surface area contributed by atoms with Gasteiger partial charge in [0.25, 0.3) is 0 Å². The summed E-state index contributed by atoms with van der Waals surface area (Å²) in [7, 11) is 2.89. The van der Waals surface area contributed by atoms with Crippen LogP contribution in [0.2, 0.25) is 0 Å². The maximum Gasteiger partial charge on any atom is 0.163 e. The van der Waals surface area contributed by atoms with Crippen LogP contribution in [0.25, 0.3) is 0 Å². The average Bonchev–Trinajstić information content (AvgIpc) is 2.77. The van der Waals surface area contributed by atoms with E-state index in [1.54, 1.807) is 6.07 Å². The molecule has 1 atom stereocenters. The molecule has 0 saturated carbocycles. The zero-order chi connectivity index (χ0) is 14.9. The maximum absolute atomic E-state index is 14.1. The van der Waals surface area contributed by atoms with Crippen molar-refractivity contribution in [2.24, 2.45) is 0 Å². The molecule has 1 aromatic heterocycles. The molecule has 0 aliphatic carbocycles. The van der Waals surface area contributed by atoms with Crippen molar-refractivity contribution in [2.45, 2.75) is 6.10 Å². The Morgan fingerprint density at radius 2 is 1.75 bits per heavy atom. The predicted molar refractivity (Wildman–Crippen MR) is 83.3 cm³/mol. The lowest BCUT2D eigenvalue weighted by Gasteiger charge is -2.14. The summed E-state index contributed by atoms with van der Waals surface area (Å²) in [6.07, 6.45) is -1.07. The van der Waals surface area contributed by atoms with Crippen molar-refractivity contribution in [3.8, 4) is 11.5 Å². The first-order valence-corrected chi connectivity index (χ1v) is 7.92. The molecule has 20 heavy (non-hydrogen) atoms. The highest BCUT2D eigenvalue weighted by atomic mass is 79.9. The number of benzene rings is 1. The summed E-state index contributed by atoms with van der Waals surface area (Å²) in [5, 5.41) is 10.3.